The highest BCUT2D eigenvalue weighted by molar-refractivity contribution is 6.12. The molecule has 0 N–H and O–H groups in total. The largest absolute Gasteiger partial charge is 0.457 e. The molecule has 3 aromatic heterocycles. The second kappa shape index (κ2) is 18.6. The van der Waals surface area contributed by atoms with E-state index >= 15 is 0 Å². The minimum Gasteiger partial charge on any atom is -0.457 e. The van der Waals surface area contributed by atoms with Gasteiger partial charge in [0.15, 0.2) is 0 Å². The topological polar surface area (TPSA) is 54.9 Å². The first-order valence-corrected chi connectivity index (χ1v) is 29.8. The standard InChI is InChI=1S/C81H53N3O3/c1-80(2)68-31-11-6-26-61(68)65-30-17-29-58(78(65)80)50-19-16-23-53(43-50)84(57-44-66(51-20-18-42-82-49-51)79-67(45-57)63-28-10-15-35-74(63)87-79)56-37-40-71-77(48-56)86-75-41-38-54(46-72(75)81(71)69-32-12-7-24-59(69)60-25-8-13-33-70(60)81)83(52-21-4-3-5-22-52)55-36-39-64-62-27-9-14-34-73(62)85-76(64)47-55/h3-49H,1-2H3. The van der Waals surface area contributed by atoms with Gasteiger partial charge in [0, 0.05) is 108 Å². The number of rotatable bonds is 8. The molecule has 1 spiro atoms. The van der Waals surface area contributed by atoms with Gasteiger partial charge < -0.3 is 23.4 Å². The third kappa shape index (κ3) is 7.19. The second-order valence-corrected chi connectivity index (χ2v) is 23.7. The molecule has 0 saturated heterocycles. The fraction of sp³-hybridized carbons (Fsp3) is 0.0494. The van der Waals surface area contributed by atoms with Crippen LogP contribution < -0.4 is 14.5 Å². The molecule has 3 aliphatic rings. The van der Waals surface area contributed by atoms with E-state index in [1.807, 2.05) is 36.7 Å². The minimum absolute atomic E-state index is 0.214. The molecular weight excluding hydrogens is 1060 g/mol. The molecule has 15 aromatic rings. The van der Waals surface area contributed by atoms with E-state index in [-0.39, 0.29) is 5.41 Å². The van der Waals surface area contributed by atoms with Gasteiger partial charge in [-0.05, 0) is 147 Å². The van der Waals surface area contributed by atoms with Crippen molar-refractivity contribution in [2.24, 2.45) is 0 Å². The number of anilines is 6. The Labute approximate surface area is 503 Å². The highest BCUT2D eigenvalue weighted by Gasteiger charge is 2.51. The summed E-state index contributed by atoms with van der Waals surface area (Å²) < 4.78 is 20.9. The summed E-state index contributed by atoms with van der Waals surface area (Å²) in [6.07, 6.45) is 3.75. The Morgan fingerprint density at radius 2 is 0.897 bits per heavy atom. The third-order valence-electron chi connectivity index (χ3n) is 18.7. The number of furan rings is 2. The normalized spacial score (nSPS) is 13.7. The van der Waals surface area contributed by atoms with E-state index in [2.05, 4.69) is 277 Å². The molecular formula is C81H53N3O3. The zero-order valence-electron chi connectivity index (χ0n) is 47.7. The van der Waals surface area contributed by atoms with Crippen molar-refractivity contribution in [3.8, 4) is 56.0 Å². The first-order valence-electron chi connectivity index (χ1n) is 29.8. The molecule has 0 bridgehead atoms. The van der Waals surface area contributed by atoms with E-state index in [0.29, 0.717) is 0 Å². The maximum absolute atomic E-state index is 7.52. The Kier molecular flexibility index (Phi) is 10.6. The summed E-state index contributed by atoms with van der Waals surface area (Å²) in [6.45, 7) is 4.73. The van der Waals surface area contributed by atoms with Gasteiger partial charge in [0.25, 0.3) is 0 Å². The van der Waals surface area contributed by atoms with Crippen LogP contribution in [0.3, 0.4) is 0 Å². The van der Waals surface area contributed by atoms with Gasteiger partial charge in [-0.1, -0.05) is 184 Å². The molecule has 0 fully saturated rings. The quantitative estimate of drug-likeness (QED) is 0.151. The smallest absolute Gasteiger partial charge is 0.143 e. The van der Waals surface area contributed by atoms with Crippen LogP contribution in [0.25, 0.3) is 88.4 Å². The van der Waals surface area contributed by atoms with Gasteiger partial charge in [0.05, 0.1) is 5.41 Å². The molecule has 0 atom stereocenters. The highest BCUT2D eigenvalue weighted by atomic mass is 16.5. The lowest BCUT2D eigenvalue weighted by Gasteiger charge is -2.40. The van der Waals surface area contributed by atoms with Gasteiger partial charge in [0.2, 0.25) is 0 Å². The van der Waals surface area contributed by atoms with Crippen LogP contribution in [0.1, 0.15) is 47.2 Å². The van der Waals surface area contributed by atoms with Crippen molar-refractivity contribution >= 4 is 78.0 Å². The van der Waals surface area contributed by atoms with E-state index in [1.54, 1.807) is 0 Å². The van der Waals surface area contributed by atoms with Crippen LogP contribution in [0, 0.1) is 0 Å². The number of fused-ring (bicyclic) bond motifs is 18. The Morgan fingerprint density at radius 1 is 0.322 bits per heavy atom. The molecule has 2 aliphatic carbocycles. The van der Waals surface area contributed by atoms with Crippen LogP contribution in [0.5, 0.6) is 11.5 Å². The molecule has 6 nitrogen and oxygen atoms in total. The van der Waals surface area contributed by atoms with Gasteiger partial charge in [-0.15, -0.1) is 0 Å². The lowest BCUT2D eigenvalue weighted by Crippen LogP contribution is -2.32. The van der Waals surface area contributed by atoms with E-state index in [1.165, 1.54) is 50.1 Å². The van der Waals surface area contributed by atoms with Gasteiger partial charge >= 0.3 is 0 Å². The predicted molar refractivity (Wildman–Crippen MR) is 354 cm³/mol. The SMILES string of the molecule is CC1(C)c2ccccc2-c2cccc(-c3cccc(N(c4ccc5c(c4)Oc4ccc(N(c6ccccc6)c6ccc7c(c6)oc6ccccc67)cc4C54c5ccccc5-c5ccccc54)c4cc(-c5cccnc5)c5oc6ccccc6c5c4)c3)c21. The molecule has 410 valence electrons. The summed E-state index contributed by atoms with van der Waals surface area (Å²) in [5, 5.41) is 4.24. The number of ether oxygens (including phenoxy) is 1. The summed E-state index contributed by atoms with van der Waals surface area (Å²) in [6, 6.07) is 98.7. The molecule has 0 amide bonds. The van der Waals surface area contributed by atoms with Gasteiger partial charge in [-0.25, -0.2) is 0 Å². The van der Waals surface area contributed by atoms with E-state index in [0.717, 1.165) is 117 Å². The van der Waals surface area contributed by atoms with Gasteiger partial charge in [-0.3, -0.25) is 4.98 Å². The lowest BCUT2D eigenvalue weighted by molar-refractivity contribution is 0.436. The zero-order chi connectivity index (χ0) is 57.5. The van der Waals surface area contributed by atoms with Crippen LogP contribution in [-0.2, 0) is 10.8 Å². The molecule has 18 rings (SSSR count). The molecule has 0 unspecified atom stereocenters. The van der Waals surface area contributed by atoms with Crippen molar-refractivity contribution in [2.75, 3.05) is 9.80 Å². The number of benzene rings is 12. The third-order valence-corrected chi connectivity index (χ3v) is 18.7. The van der Waals surface area contributed by atoms with Crippen LogP contribution in [0.4, 0.5) is 34.1 Å². The Hall–Kier alpha value is -11.2. The Morgan fingerprint density at radius 3 is 1.68 bits per heavy atom. The van der Waals surface area contributed by atoms with Crippen molar-refractivity contribution in [1.82, 2.24) is 4.98 Å². The number of nitrogens with zero attached hydrogens (tertiary/aromatic N) is 3. The molecule has 0 saturated carbocycles. The molecule has 1 aliphatic heterocycles. The summed E-state index contributed by atoms with van der Waals surface area (Å²) >= 11 is 0. The summed E-state index contributed by atoms with van der Waals surface area (Å²) in [4.78, 5) is 9.37. The number of hydrogen-bond donors (Lipinski definition) is 0. The summed E-state index contributed by atoms with van der Waals surface area (Å²) in [5.74, 6) is 1.56. The number of para-hydroxylation sites is 3. The summed E-state index contributed by atoms with van der Waals surface area (Å²) in [7, 11) is 0. The number of pyridine rings is 1. The lowest BCUT2D eigenvalue weighted by atomic mass is 9.66. The van der Waals surface area contributed by atoms with Gasteiger partial charge in [0.1, 0.15) is 33.8 Å². The van der Waals surface area contributed by atoms with Gasteiger partial charge in [-0.2, -0.15) is 0 Å². The fourth-order valence-electron chi connectivity index (χ4n) is 15.1. The van der Waals surface area contributed by atoms with Crippen LogP contribution in [0.2, 0.25) is 0 Å². The molecule has 6 heteroatoms. The van der Waals surface area contributed by atoms with Crippen molar-refractivity contribution in [3.05, 3.63) is 319 Å². The number of hydrogen-bond acceptors (Lipinski definition) is 6. The Balaban J connectivity index is 0.861. The average molecular weight is 1120 g/mol. The first kappa shape index (κ1) is 49.2. The van der Waals surface area contributed by atoms with Crippen molar-refractivity contribution in [3.63, 3.8) is 0 Å². The number of aromatic nitrogens is 1. The monoisotopic (exact) mass is 1120 g/mol. The fourth-order valence-corrected chi connectivity index (χ4v) is 15.1. The van der Waals surface area contributed by atoms with E-state index < -0.39 is 5.41 Å². The minimum atomic E-state index is -0.777. The van der Waals surface area contributed by atoms with E-state index in [4.69, 9.17) is 13.6 Å². The van der Waals surface area contributed by atoms with Crippen LogP contribution in [-0.4, -0.2) is 4.98 Å². The zero-order valence-corrected chi connectivity index (χ0v) is 47.7. The van der Waals surface area contributed by atoms with E-state index in [9.17, 15) is 0 Å². The van der Waals surface area contributed by atoms with Crippen molar-refractivity contribution in [1.29, 1.82) is 0 Å². The Bertz CT molecular complexity index is 5280. The average Bonchev–Trinajstić information content (AvgIpc) is 1.96. The second-order valence-electron chi connectivity index (χ2n) is 23.7. The predicted octanol–water partition coefficient (Wildman–Crippen LogP) is 21.9. The van der Waals surface area contributed by atoms with Crippen LogP contribution >= 0.6 is 0 Å². The highest BCUT2D eigenvalue weighted by Crippen LogP contribution is 2.64. The molecule has 12 aromatic carbocycles. The first-order chi connectivity index (χ1) is 42.9. The molecule has 0 radical (unpaired) electrons. The van der Waals surface area contributed by atoms with Crippen LogP contribution in [0.15, 0.2) is 294 Å². The molecule has 87 heavy (non-hydrogen) atoms. The van der Waals surface area contributed by atoms with Crippen molar-refractivity contribution < 1.29 is 13.6 Å². The van der Waals surface area contributed by atoms with Crippen molar-refractivity contribution in [2.45, 2.75) is 24.7 Å². The maximum Gasteiger partial charge on any atom is 0.143 e. The maximum atomic E-state index is 7.52. The summed E-state index contributed by atoms with van der Waals surface area (Å²) in [5.41, 5.74) is 24.7. The molecule has 4 heterocycles.